The first-order valence-corrected chi connectivity index (χ1v) is 9.95. The summed E-state index contributed by atoms with van der Waals surface area (Å²) in [6.45, 7) is 0. The van der Waals surface area contributed by atoms with Gasteiger partial charge in [-0.05, 0) is 59.5 Å². The average molecular weight is 462 g/mol. The highest BCUT2D eigenvalue weighted by Gasteiger charge is 2.15. The van der Waals surface area contributed by atoms with Crippen molar-refractivity contribution in [3.05, 3.63) is 91.7 Å². The van der Waals surface area contributed by atoms with Crippen molar-refractivity contribution in [2.24, 2.45) is 0 Å². The second-order valence-electron chi connectivity index (χ2n) is 5.50. The summed E-state index contributed by atoms with van der Waals surface area (Å²) in [6, 6.07) is 17.6. The Morgan fingerprint density at radius 3 is 2.33 bits per heavy atom. The Morgan fingerprint density at radius 2 is 1.70 bits per heavy atom. The lowest BCUT2D eigenvalue weighted by molar-refractivity contribution is -0.113. The molecule has 2 aromatic carbocycles. The number of benzene rings is 2. The van der Waals surface area contributed by atoms with Crippen LogP contribution in [-0.4, -0.2) is 11.8 Å². The zero-order valence-corrected chi connectivity index (χ0v) is 17.1. The smallest absolute Gasteiger partial charge is 0.272 e. The summed E-state index contributed by atoms with van der Waals surface area (Å²) in [5, 5.41) is 7.84. The molecule has 0 bridgehead atoms. The number of carbonyl (C=O) groups excluding carboxylic acids is 2. The van der Waals surface area contributed by atoms with E-state index in [-0.39, 0.29) is 11.6 Å². The maximum Gasteiger partial charge on any atom is 0.272 e. The van der Waals surface area contributed by atoms with E-state index in [9.17, 15) is 9.59 Å². The molecule has 0 aliphatic rings. The monoisotopic (exact) mass is 460 g/mol. The molecule has 0 unspecified atom stereocenters. The lowest BCUT2D eigenvalue weighted by Gasteiger charge is -2.11. The van der Waals surface area contributed by atoms with Crippen LogP contribution >= 0.6 is 38.9 Å². The molecule has 1 aromatic heterocycles. The minimum atomic E-state index is -0.426. The van der Waals surface area contributed by atoms with Gasteiger partial charge in [-0.15, -0.1) is 11.3 Å². The van der Waals surface area contributed by atoms with Crippen molar-refractivity contribution in [2.75, 3.05) is 5.32 Å². The number of halogens is 2. The zero-order chi connectivity index (χ0) is 19.2. The molecule has 3 rings (SSSR count). The van der Waals surface area contributed by atoms with Crippen molar-refractivity contribution < 1.29 is 9.59 Å². The second-order valence-corrected chi connectivity index (χ2v) is 7.80. The Morgan fingerprint density at radius 1 is 1.00 bits per heavy atom. The van der Waals surface area contributed by atoms with Crippen LogP contribution in [0.4, 0.5) is 5.69 Å². The number of hydrogen-bond donors (Lipinski definition) is 2. The Balaban J connectivity index is 1.85. The SMILES string of the molecule is O=C(Nc1ccc(Cl)cc1)/C(=C\c1ccc(Br)cc1)NC(=O)c1cccs1. The molecule has 0 aliphatic heterocycles. The van der Waals surface area contributed by atoms with Crippen LogP contribution in [0, 0.1) is 0 Å². The van der Waals surface area contributed by atoms with Crippen LogP contribution in [0.3, 0.4) is 0 Å². The fourth-order valence-electron chi connectivity index (χ4n) is 2.21. The summed E-state index contributed by atoms with van der Waals surface area (Å²) in [6.07, 6.45) is 1.63. The van der Waals surface area contributed by atoms with Gasteiger partial charge in [-0.2, -0.15) is 0 Å². The standard InChI is InChI=1S/C20H14BrClN2O2S/c21-14-5-3-13(4-6-14)12-17(24-20(26)18-2-1-11-27-18)19(25)23-16-9-7-15(22)8-10-16/h1-12H,(H,23,25)(H,24,26)/b17-12+. The summed E-state index contributed by atoms with van der Waals surface area (Å²) < 4.78 is 0.925. The van der Waals surface area contributed by atoms with E-state index in [1.165, 1.54) is 11.3 Å². The summed E-state index contributed by atoms with van der Waals surface area (Å²) in [7, 11) is 0. The molecule has 4 nitrogen and oxygen atoms in total. The molecular weight excluding hydrogens is 448 g/mol. The molecule has 136 valence electrons. The molecule has 0 saturated heterocycles. The van der Waals surface area contributed by atoms with Gasteiger partial charge in [0.2, 0.25) is 0 Å². The van der Waals surface area contributed by atoms with Crippen molar-refractivity contribution in [1.82, 2.24) is 5.32 Å². The number of thiophene rings is 1. The lowest BCUT2D eigenvalue weighted by Crippen LogP contribution is -2.30. The highest BCUT2D eigenvalue weighted by molar-refractivity contribution is 9.10. The van der Waals surface area contributed by atoms with Gasteiger partial charge in [-0.3, -0.25) is 9.59 Å². The third kappa shape index (κ3) is 5.53. The molecule has 2 N–H and O–H groups in total. The molecule has 0 saturated carbocycles. The number of anilines is 1. The Hall–Kier alpha value is -2.41. The van der Waals surface area contributed by atoms with Gasteiger partial charge in [-0.1, -0.05) is 45.7 Å². The van der Waals surface area contributed by atoms with Crippen LogP contribution in [0.1, 0.15) is 15.2 Å². The molecule has 3 aromatic rings. The van der Waals surface area contributed by atoms with E-state index in [0.717, 1.165) is 10.0 Å². The van der Waals surface area contributed by atoms with E-state index in [1.807, 2.05) is 24.3 Å². The molecule has 0 spiro atoms. The van der Waals surface area contributed by atoms with E-state index in [0.29, 0.717) is 15.6 Å². The Kier molecular flexibility index (Phi) is 6.45. The first-order valence-electron chi connectivity index (χ1n) is 7.90. The van der Waals surface area contributed by atoms with Crippen molar-refractivity contribution >= 4 is 62.4 Å². The predicted octanol–water partition coefficient (Wildman–Crippen LogP) is 5.57. The zero-order valence-electron chi connectivity index (χ0n) is 13.9. The molecule has 2 amide bonds. The van der Waals surface area contributed by atoms with E-state index < -0.39 is 5.91 Å². The highest BCUT2D eigenvalue weighted by Crippen LogP contribution is 2.17. The summed E-state index contributed by atoms with van der Waals surface area (Å²) in [4.78, 5) is 25.7. The molecule has 27 heavy (non-hydrogen) atoms. The van der Waals surface area contributed by atoms with Gasteiger partial charge in [0, 0.05) is 15.2 Å². The molecule has 0 radical (unpaired) electrons. The maximum absolute atomic E-state index is 12.7. The molecule has 7 heteroatoms. The van der Waals surface area contributed by atoms with E-state index in [1.54, 1.807) is 47.9 Å². The number of amides is 2. The first-order chi connectivity index (χ1) is 13.0. The summed E-state index contributed by atoms with van der Waals surface area (Å²) in [5.41, 5.74) is 1.51. The molecule has 1 heterocycles. The van der Waals surface area contributed by atoms with E-state index >= 15 is 0 Å². The van der Waals surface area contributed by atoms with Gasteiger partial charge in [0.1, 0.15) is 5.70 Å². The van der Waals surface area contributed by atoms with Crippen molar-refractivity contribution in [2.45, 2.75) is 0 Å². The molecule has 0 atom stereocenters. The van der Waals surface area contributed by atoms with Crippen LogP contribution in [0.2, 0.25) is 5.02 Å². The molecule has 0 fully saturated rings. The third-order valence-corrected chi connectivity index (χ3v) is 5.17. The highest BCUT2D eigenvalue weighted by atomic mass is 79.9. The number of hydrogen-bond acceptors (Lipinski definition) is 3. The van der Waals surface area contributed by atoms with Crippen LogP contribution in [0.25, 0.3) is 6.08 Å². The predicted molar refractivity (Wildman–Crippen MR) is 114 cm³/mol. The van der Waals surface area contributed by atoms with Gasteiger partial charge in [0.05, 0.1) is 4.88 Å². The lowest BCUT2D eigenvalue weighted by atomic mass is 10.2. The topological polar surface area (TPSA) is 58.2 Å². The number of carbonyl (C=O) groups is 2. The van der Waals surface area contributed by atoms with Crippen molar-refractivity contribution in [3.63, 3.8) is 0 Å². The largest absolute Gasteiger partial charge is 0.321 e. The summed E-state index contributed by atoms with van der Waals surface area (Å²) in [5.74, 6) is -0.759. The van der Waals surface area contributed by atoms with Crippen molar-refractivity contribution in [1.29, 1.82) is 0 Å². The van der Waals surface area contributed by atoms with E-state index in [4.69, 9.17) is 11.6 Å². The minimum absolute atomic E-state index is 0.144. The first kappa shape index (κ1) is 19.4. The quantitative estimate of drug-likeness (QED) is 0.488. The normalized spacial score (nSPS) is 11.1. The van der Waals surface area contributed by atoms with Crippen LogP contribution in [-0.2, 0) is 4.79 Å². The van der Waals surface area contributed by atoms with Crippen LogP contribution in [0.5, 0.6) is 0 Å². The summed E-state index contributed by atoms with van der Waals surface area (Å²) >= 11 is 10.6. The fraction of sp³-hybridized carbons (Fsp3) is 0. The van der Waals surface area contributed by atoms with Gasteiger partial charge in [0.25, 0.3) is 11.8 Å². The maximum atomic E-state index is 12.7. The van der Waals surface area contributed by atoms with Gasteiger partial charge < -0.3 is 10.6 Å². The minimum Gasteiger partial charge on any atom is -0.321 e. The molecular formula is C20H14BrClN2O2S. The number of nitrogens with one attached hydrogen (secondary N) is 2. The van der Waals surface area contributed by atoms with Crippen LogP contribution in [0.15, 0.2) is 76.2 Å². The Bertz CT molecular complexity index is 968. The van der Waals surface area contributed by atoms with Crippen LogP contribution < -0.4 is 10.6 Å². The third-order valence-electron chi connectivity index (χ3n) is 3.52. The van der Waals surface area contributed by atoms with Gasteiger partial charge in [-0.25, -0.2) is 0 Å². The Labute approximate surface area is 174 Å². The fourth-order valence-corrected chi connectivity index (χ4v) is 3.22. The van der Waals surface area contributed by atoms with Crippen molar-refractivity contribution in [3.8, 4) is 0 Å². The van der Waals surface area contributed by atoms with Gasteiger partial charge >= 0.3 is 0 Å². The molecule has 0 aliphatic carbocycles. The van der Waals surface area contributed by atoms with Gasteiger partial charge in [0.15, 0.2) is 0 Å². The number of rotatable bonds is 5. The second kappa shape index (κ2) is 8.99. The average Bonchev–Trinajstić information content (AvgIpc) is 3.19. The van der Waals surface area contributed by atoms with E-state index in [2.05, 4.69) is 26.6 Å².